The van der Waals surface area contributed by atoms with E-state index in [0.717, 1.165) is 48.2 Å². The number of nitrogens with zero attached hydrogens (tertiary/aromatic N) is 6. The Labute approximate surface area is 677 Å². The summed E-state index contributed by atoms with van der Waals surface area (Å²) >= 11 is 2.93. The van der Waals surface area contributed by atoms with Crippen molar-refractivity contribution in [2.24, 2.45) is 0 Å². The Morgan fingerprint density at radius 1 is 0.398 bits per heavy atom. The molecule has 626 valence electrons. The molecule has 0 spiro atoms. The van der Waals surface area contributed by atoms with Gasteiger partial charge in [0.2, 0.25) is 0 Å². The monoisotopic (exact) mass is 1610 g/mol. The van der Waals surface area contributed by atoms with Crippen molar-refractivity contribution >= 4 is 71.1 Å². The van der Waals surface area contributed by atoms with E-state index in [9.17, 15) is 38.4 Å². The van der Waals surface area contributed by atoms with E-state index in [1.807, 2.05) is 250 Å². The largest absolute Gasteiger partial charge is 0.460 e. The highest BCUT2D eigenvalue weighted by molar-refractivity contribution is 7.07. The van der Waals surface area contributed by atoms with Gasteiger partial charge in [0.15, 0.2) is 6.39 Å². The number of nitrogens with one attached hydrogen (secondary N) is 4. The number of ether oxygens (including phenoxy) is 8. The topological polar surface area (TPSA) is 349 Å². The summed E-state index contributed by atoms with van der Waals surface area (Å²) in [4.78, 5) is 111. The number of aromatic nitrogens is 6. The Morgan fingerprint density at radius 2 is 0.779 bits per heavy atom. The van der Waals surface area contributed by atoms with Gasteiger partial charge in [0.25, 0.3) is 0 Å². The number of hydrogen-bond donors (Lipinski definition) is 4. The molecule has 0 atom stereocenters. The van der Waals surface area contributed by atoms with E-state index in [0.29, 0.717) is 62.8 Å². The first-order valence-corrected chi connectivity index (χ1v) is 39.1. The smallest absolute Gasteiger partial charge is 0.408 e. The van der Waals surface area contributed by atoms with Crippen molar-refractivity contribution in [2.45, 2.75) is 301 Å². The lowest BCUT2D eigenvalue weighted by atomic mass is 10.1. The van der Waals surface area contributed by atoms with Crippen LogP contribution >= 0.6 is 22.9 Å². The zero-order chi connectivity index (χ0) is 85.5. The van der Waals surface area contributed by atoms with Crippen LogP contribution in [0.4, 0.5) is 19.2 Å². The quantitative estimate of drug-likeness (QED) is 0.0431. The second-order valence-corrected chi connectivity index (χ2v) is 34.9. The minimum atomic E-state index is -0.484. The van der Waals surface area contributed by atoms with Crippen LogP contribution < -0.4 is 21.3 Å². The van der Waals surface area contributed by atoms with Crippen molar-refractivity contribution in [3.8, 4) is 0 Å². The molecule has 0 unspecified atom stereocenters. The molecule has 5 aromatic heterocycles. The van der Waals surface area contributed by atoms with Gasteiger partial charge in [-0.05, 0) is 251 Å². The van der Waals surface area contributed by atoms with Crippen LogP contribution in [-0.2, 0) is 102 Å². The molecule has 113 heavy (non-hydrogen) atoms. The number of thiazole rings is 1. The van der Waals surface area contributed by atoms with Gasteiger partial charge in [-0.3, -0.25) is 24.2 Å². The molecule has 1 fully saturated rings. The van der Waals surface area contributed by atoms with E-state index in [1.54, 1.807) is 42.6 Å². The van der Waals surface area contributed by atoms with Gasteiger partial charge in [-0.15, -0.1) is 11.3 Å². The zero-order valence-electron chi connectivity index (χ0n) is 71.0. The lowest BCUT2D eigenvalue weighted by Crippen LogP contribution is -2.33. The number of aryl methyl sites for hydroxylation is 4. The summed E-state index contributed by atoms with van der Waals surface area (Å²) in [5.74, 6) is -0.0154. The number of pyridine rings is 1. The maximum Gasteiger partial charge on any atom is 0.408 e. The Bertz CT molecular complexity index is 3340. The third-order valence-electron chi connectivity index (χ3n) is 12.3. The first kappa shape index (κ1) is 101. The number of alkyl carbamates (subject to hydrolysis) is 4. The average molecular weight is 1610 g/mol. The Morgan fingerprint density at radius 3 is 1.12 bits per heavy atom. The van der Waals surface area contributed by atoms with E-state index in [4.69, 9.17) is 42.3 Å². The van der Waals surface area contributed by atoms with Gasteiger partial charge in [-0.1, -0.05) is 66.7 Å². The van der Waals surface area contributed by atoms with E-state index in [-0.39, 0.29) is 58.9 Å². The maximum atomic E-state index is 11.4. The zero-order valence-corrected chi connectivity index (χ0v) is 72.6. The predicted molar refractivity (Wildman–Crippen MR) is 438 cm³/mol. The Hall–Kier alpha value is -9.90. The van der Waals surface area contributed by atoms with Gasteiger partial charge in [0, 0.05) is 66.5 Å². The first-order valence-electron chi connectivity index (χ1n) is 37.4. The molecule has 5 heterocycles. The van der Waals surface area contributed by atoms with Gasteiger partial charge < -0.3 is 63.6 Å². The van der Waals surface area contributed by atoms with Crippen molar-refractivity contribution in [2.75, 3.05) is 0 Å². The van der Waals surface area contributed by atoms with Crippen molar-refractivity contribution in [1.82, 2.24) is 50.6 Å². The second kappa shape index (κ2) is 51.0. The van der Waals surface area contributed by atoms with Crippen molar-refractivity contribution in [1.29, 1.82) is 0 Å². The fourth-order valence-corrected chi connectivity index (χ4v) is 9.06. The molecule has 8 rings (SSSR count). The molecule has 1 aliphatic rings. The molecule has 4 amide bonds. The molecule has 0 bridgehead atoms. The van der Waals surface area contributed by atoms with Gasteiger partial charge >= 0.3 is 48.3 Å². The summed E-state index contributed by atoms with van der Waals surface area (Å²) in [6.45, 7) is 45.4. The van der Waals surface area contributed by atoms with Crippen LogP contribution in [0.1, 0.15) is 243 Å². The lowest BCUT2D eigenvalue weighted by molar-refractivity contribution is -0.155. The predicted octanol–water partition coefficient (Wildman–Crippen LogP) is 17.7. The van der Waals surface area contributed by atoms with Gasteiger partial charge in [-0.25, -0.2) is 43.5 Å². The number of rotatable bonds is 19. The Kier molecular flexibility index (Phi) is 45.6. The molecule has 29 heteroatoms. The van der Waals surface area contributed by atoms with E-state index in [1.165, 1.54) is 46.7 Å². The number of carbonyl (C=O) groups is 8. The van der Waals surface area contributed by atoms with Crippen molar-refractivity contribution < 1.29 is 80.7 Å². The summed E-state index contributed by atoms with van der Waals surface area (Å²) in [6.07, 6.45) is 16.5. The van der Waals surface area contributed by atoms with Crippen LogP contribution in [0.5, 0.6) is 0 Å². The van der Waals surface area contributed by atoms with Gasteiger partial charge in [0.1, 0.15) is 56.9 Å². The fourth-order valence-electron chi connectivity index (χ4n) is 7.93. The number of hydrogen-bond acceptors (Lipinski definition) is 25. The highest BCUT2D eigenvalue weighted by atomic mass is 32.1. The van der Waals surface area contributed by atoms with Crippen molar-refractivity contribution in [3.63, 3.8) is 0 Å². The fraction of sp³-hybridized carbons (Fsp3) is 0.548. The molecular weight excluding hydrogens is 1490 g/mol. The molecule has 4 N–H and O–H groups in total. The summed E-state index contributed by atoms with van der Waals surface area (Å²) in [7, 11) is 0. The number of esters is 4. The maximum absolute atomic E-state index is 11.4. The highest BCUT2D eigenvalue weighted by Crippen LogP contribution is 2.20. The molecule has 0 aliphatic heterocycles. The van der Waals surface area contributed by atoms with Crippen LogP contribution in [0.25, 0.3) is 0 Å². The minimum absolute atomic E-state index is 0.133. The van der Waals surface area contributed by atoms with Crippen LogP contribution in [0.15, 0.2) is 144 Å². The summed E-state index contributed by atoms with van der Waals surface area (Å²) < 4.78 is 49.7. The SMILES string of the molecule is CC(C)(C)OC(=O)CCc1ccccc1.CC(C)(C)OC(=O)CCc1ccccc1.CC(C)(C)OC(=O)CCc1cccnc1.CC(C)(C)OC(=O)CCc1ccns1.CC(C)(C)OC(=O)NC1CC1.CC(C)(C)OC(=O)NCc1cocn1.CC(C)(C)OC(=O)NCc1cscn1.CC(C)(C)OC(=O)NCc1ncccn1. The van der Waals surface area contributed by atoms with Crippen LogP contribution in [-0.4, -0.2) is 128 Å². The lowest BCUT2D eigenvalue weighted by Gasteiger charge is -2.19. The molecule has 0 saturated heterocycles. The number of benzene rings is 2. The standard InChI is InChI=1S/2C13H18O2.C12H17NO2.C10H15N3O2.C10H15NO2S.C9H14N2O3.C9H14N2O2S.C8H15NO2/c2*1-13(2,3)15-12(14)10-9-11-7-5-4-6-8-11;1-12(2,3)15-11(14)7-6-10-5-4-8-13-9-10;1-10(2,3)15-9(14)13-7-8-11-5-4-6-12-8;1-10(2,3)13-9(12)5-4-8-6-7-11-14-8;1-9(2,3)14-8(12)10-4-7-5-13-6-11-7;1-9(2,3)13-8(12)10-4-7-5-14-6-11-7;1-8(2,3)11-7(10)9-6-4-5-6/h2*4-8H,9-10H2,1-3H3;4-5,8-9H,6-7H2,1-3H3;4-6H,7H2,1-3H3,(H,13,14);6-7H,4-5H2,1-3H3;2*5-6H,4H2,1-3H3,(H,10,12);6H,4-5H2,1-3H3,(H,9,10). The summed E-state index contributed by atoms with van der Waals surface area (Å²) in [6, 6.07) is 27.8. The van der Waals surface area contributed by atoms with Gasteiger partial charge in [-0.2, -0.15) is 0 Å². The third kappa shape index (κ3) is 65.4. The molecule has 1 saturated carbocycles. The number of oxazole rings is 1. The van der Waals surface area contributed by atoms with E-state index in [2.05, 4.69) is 50.6 Å². The average Bonchev–Trinajstić information content (AvgIpc) is 1.76. The molecule has 7 aromatic rings. The van der Waals surface area contributed by atoms with Gasteiger partial charge in [0.05, 0.1) is 43.0 Å². The number of amides is 4. The Balaban J connectivity index is 0.000000647. The molecule has 27 nitrogen and oxygen atoms in total. The summed E-state index contributed by atoms with van der Waals surface area (Å²) in [5.41, 5.74) is 3.30. The van der Waals surface area contributed by atoms with Crippen molar-refractivity contribution in [3.05, 3.63) is 178 Å². The first-order chi connectivity index (χ1) is 52.3. The molecule has 0 radical (unpaired) electrons. The second-order valence-electron chi connectivity index (χ2n) is 33.3. The van der Waals surface area contributed by atoms with E-state index < -0.39 is 40.7 Å². The normalized spacial score (nSPS) is 11.8. The molecular formula is C84H126N10O17S2. The van der Waals surface area contributed by atoms with E-state index >= 15 is 0 Å². The number of carbonyl (C=O) groups excluding carboxylic acids is 8. The molecule has 1 aliphatic carbocycles. The van der Waals surface area contributed by atoms with Crippen LogP contribution in [0, 0.1) is 0 Å². The third-order valence-corrected chi connectivity index (χ3v) is 13.7. The highest BCUT2D eigenvalue weighted by Gasteiger charge is 2.27. The minimum Gasteiger partial charge on any atom is -0.460 e. The van der Waals surface area contributed by atoms with Crippen LogP contribution in [0.3, 0.4) is 0 Å². The molecule has 2 aromatic carbocycles. The summed E-state index contributed by atoms with van der Waals surface area (Å²) in [5, 5.41) is 12.4. The van der Waals surface area contributed by atoms with Crippen LogP contribution in [0.2, 0.25) is 0 Å².